The first-order valence-corrected chi connectivity index (χ1v) is 4.22. The van der Waals surface area contributed by atoms with Crippen LogP contribution < -0.4 is 4.74 Å². The largest absolute Gasteiger partial charge is 0.493 e. The SMILES string of the molecule is FC1CCOc2cccc(Cl)c21. The lowest BCUT2D eigenvalue weighted by atomic mass is 10.0. The van der Waals surface area contributed by atoms with Crippen molar-refractivity contribution in [2.75, 3.05) is 6.61 Å². The molecule has 1 aromatic carbocycles. The molecule has 1 heterocycles. The predicted octanol–water partition coefficient (Wildman–Crippen LogP) is 3.13. The van der Waals surface area contributed by atoms with E-state index in [0.717, 1.165) is 0 Å². The van der Waals surface area contributed by atoms with Crippen molar-refractivity contribution in [2.24, 2.45) is 0 Å². The van der Waals surface area contributed by atoms with Gasteiger partial charge < -0.3 is 4.74 Å². The molecule has 1 unspecified atom stereocenters. The lowest BCUT2D eigenvalue weighted by molar-refractivity contribution is 0.200. The fraction of sp³-hybridized carbons (Fsp3) is 0.333. The first-order chi connectivity index (χ1) is 5.79. The summed E-state index contributed by atoms with van der Waals surface area (Å²) in [5.74, 6) is 0.584. The van der Waals surface area contributed by atoms with E-state index >= 15 is 0 Å². The Balaban J connectivity index is 2.53. The van der Waals surface area contributed by atoms with Crippen LogP contribution in [0.5, 0.6) is 5.75 Å². The number of alkyl halides is 1. The van der Waals surface area contributed by atoms with Crippen LogP contribution in [-0.4, -0.2) is 6.61 Å². The average molecular weight is 187 g/mol. The second kappa shape index (κ2) is 2.94. The average Bonchev–Trinajstić information content (AvgIpc) is 2.04. The van der Waals surface area contributed by atoms with Crippen molar-refractivity contribution in [3.05, 3.63) is 28.8 Å². The number of fused-ring (bicyclic) bond motifs is 1. The highest BCUT2D eigenvalue weighted by molar-refractivity contribution is 6.31. The number of hydrogen-bond donors (Lipinski definition) is 0. The maximum absolute atomic E-state index is 13.3. The highest BCUT2D eigenvalue weighted by atomic mass is 35.5. The summed E-state index contributed by atoms with van der Waals surface area (Å²) in [5, 5.41) is 0.458. The van der Waals surface area contributed by atoms with Crippen LogP contribution in [0.1, 0.15) is 18.2 Å². The lowest BCUT2D eigenvalue weighted by Crippen LogP contribution is -2.11. The molecule has 1 nitrogen and oxygen atoms in total. The van der Waals surface area contributed by atoms with Crippen molar-refractivity contribution < 1.29 is 9.13 Å². The van der Waals surface area contributed by atoms with E-state index in [1.807, 2.05) is 0 Å². The summed E-state index contributed by atoms with van der Waals surface area (Å²) >= 11 is 5.82. The van der Waals surface area contributed by atoms with Gasteiger partial charge in [0.25, 0.3) is 0 Å². The summed E-state index contributed by atoms with van der Waals surface area (Å²) in [7, 11) is 0. The Morgan fingerprint density at radius 1 is 1.50 bits per heavy atom. The number of halogens is 2. The van der Waals surface area contributed by atoms with Gasteiger partial charge in [-0.2, -0.15) is 0 Å². The Morgan fingerprint density at radius 3 is 3.08 bits per heavy atom. The second-order valence-electron chi connectivity index (χ2n) is 2.76. The van der Waals surface area contributed by atoms with E-state index in [2.05, 4.69) is 0 Å². The summed E-state index contributed by atoms with van der Waals surface area (Å²) in [6.07, 6.45) is -0.570. The van der Waals surface area contributed by atoms with Crippen LogP contribution in [0.4, 0.5) is 4.39 Å². The van der Waals surface area contributed by atoms with Crippen LogP contribution in [0.25, 0.3) is 0 Å². The zero-order chi connectivity index (χ0) is 8.55. The molecule has 1 aliphatic heterocycles. The zero-order valence-corrected chi connectivity index (χ0v) is 7.14. The third-order valence-electron chi connectivity index (χ3n) is 1.96. The van der Waals surface area contributed by atoms with E-state index in [9.17, 15) is 4.39 Å². The van der Waals surface area contributed by atoms with Crippen LogP contribution in [-0.2, 0) is 0 Å². The minimum Gasteiger partial charge on any atom is -0.493 e. The highest BCUT2D eigenvalue weighted by Crippen LogP contribution is 2.38. The normalized spacial score (nSPS) is 21.3. The lowest BCUT2D eigenvalue weighted by Gasteiger charge is -2.21. The van der Waals surface area contributed by atoms with Gasteiger partial charge in [-0.05, 0) is 12.1 Å². The molecule has 1 aromatic rings. The fourth-order valence-corrected chi connectivity index (χ4v) is 1.65. The Hall–Kier alpha value is -0.760. The number of rotatable bonds is 0. The van der Waals surface area contributed by atoms with Gasteiger partial charge in [0.1, 0.15) is 11.9 Å². The standard InChI is InChI=1S/C9H8ClFO/c10-6-2-1-3-8-9(6)7(11)4-5-12-8/h1-3,7H,4-5H2. The molecule has 0 spiro atoms. The molecule has 0 aliphatic carbocycles. The number of hydrogen-bond acceptors (Lipinski definition) is 1. The predicted molar refractivity (Wildman–Crippen MR) is 45.4 cm³/mol. The quantitative estimate of drug-likeness (QED) is 0.605. The van der Waals surface area contributed by atoms with E-state index in [1.165, 1.54) is 0 Å². The zero-order valence-electron chi connectivity index (χ0n) is 6.39. The molecule has 0 amide bonds. The van der Waals surface area contributed by atoms with Crippen LogP contribution in [0, 0.1) is 0 Å². The van der Waals surface area contributed by atoms with Gasteiger partial charge in [-0.25, -0.2) is 4.39 Å². The first-order valence-electron chi connectivity index (χ1n) is 3.84. The van der Waals surface area contributed by atoms with Gasteiger partial charge in [0, 0.05) is 12.0 Å². The molecule has 0 radical (unpaired) electrons. The van der Waals surface area contributed by atoms with Crippen LogP contribution >= 0.6 is 11.6 Å². The molecule has 12 heavy (non-hydrogen) atoms. The summed E-state index contributed by atoms with van der Waals surface area (Å²) in [4.78, 5) is 0. The first kappa shape index (κ1) is 7.87. The maximum Gasteiger partial charge on any atom is 0.133 e. The van der Waals surface area contributed by atoms with E-state index in [1.54, 1.807) is 18.2 Å². The third-order valence-corrected chi connectivity index (χ3v) is 2.28. The van der Waals surface area contributed by atoms with Crippen molar-refractivity contribution in [1.29, 1.82) is 0 Å². The smallest absolute Gasteiger partial charge is 0.133 e. The van der Waals surface area contributed by atoms with Gasteiger partial charge in [0.15, 0.2) is 0 Å². The molecule has 0 saturated carbocycles. The summed E-state index contributed by atoms with van der Waals surface area (Å²) in [6, 6.07) is 5.19. The Bertz CT molecular complexity index is 301. The maximum atomic E-state index is 13.3. The Morgan fingerprint density at radius 2 is 2.33 bits per heavy atom. The topological polar surface area (TPSA) is 9.23 Å². The van der Waals surface area contributed by atoms with Gasteiger partial charge in [0.05, 0.1) is 11.6 Å². The van der Waals surface area contributed by atoms with Gasteiger partial charge in [-0.15, -0.1) is 0 Å². The van der Waals surface area contributed by atoms with Crippen LogP contribution in [0.2, 0.25) is 5.02 Å². The second-order valence-corrected chi connectivity index (χ2v) is 3.16. The molecule has 0 fully saturated rings. The molecule has 2 rings (SSSR count). The molecule has 0 N–H and O–H groups in total. The molecule has 0 saturated heterocycles. The third kappa shape index (κ3) is 1.16. The molecule has 3 heteroatoms. The Labute approximate surface area is 75.1 Å². The molecule has 1 atom stereocenters. The van der Waals surface area contributed by atoms with E-state index in [-0.39, 0.29) is 0 Å². The van der Waals surface area contributed by atoms with Gasteiger partial charge in [-0.3, -0.25) is 0 Å². The fourth-order valence-electron chi connectivity index (χ4n) is 1.36. The molecule has 0 bridgehead atoms. The monoisotopic (exact) mass is 186 g/mol. The number of ether oxygens (including phenoxy) is 1. The summed E-state index contributed by atoms with van der Waals surface area (Å²) in [5.41, 5.74) is 0.505. The van der Waals surface area contributed by atoms with Crippen LogP contribution in [0.15, 0.2) is 18.2 Å². The summed E-state index contributed by atoms with van der Waals surface area (Å²) in [6.45, 7) is 0.439. The van der Waals surface area contributed by atoms with E-state index < -0.39 is 6.17 Å². The van der Waals surface area contributed by atoms with E-state index in [0.29, 0.717) is 29.4 Å². The van der Waals surface area contributed by atoms with Crippen molar-refractivity contribution in [3.8, 4) is 5.75 Å². The summed E-state index contributed by atoms with van der Waals surface area (Å²) < 4.78 is 18.5. The van der Waals surface area contributed by atoms with Crippen LogP contribution in [0.3, 0.4) is 0 Å². The van der Waals surface area contributed by atoms with E-state index in [4.69, 9.17) is 16.3 Å². The molecule has 1 aliphatic rings. The van der Waals surface area contributed by atoms with Crippen molar-refractivity contribution in [2.45, 2.75) is 12.6 Å². The molecular weight excluding hydrogens is 179 g/mol. The minimum absolute atomic E-state index is 0.400. The molecular formula is C9H8ClFO. The molecule has 0 aromatic heterocycles. The van der Waals surface area contributed by atoms with Gasteiger partial charge >= 0.3 is 0 Å². The Kier molecular flexibility index (Phi) is 1.93. The van der Waals surface area contributed by atoms with Crippen molar-refractivity contribution >= 4 is 11.6 Å². The van der Waals surface area contributed by atoms with Gasteiger partial charge in [-0.1, -0.05) is 17.7 Å². The minimum atomic E-state index is -0.970. The number of benzene rings is 1. The van der Waals surface area contributed by atoms with Crippen molar-refractivity contribution in [3.63, 3.8) is 0 Å². The van der Waals surface area contributed by atoms with Gasteiger partial charge in [0.2, 0.25) is 0 Å². The van der Waals surface area contributed by atoms with Crippen molar-refractivity contribution in [1.82, 2.24) is 0 Å². The highest BCUT2D eigenvalue weighted by Gasteiger charge is 2.22. The molecule has 64 valence electrons.